The first-order valence-corrected chi connectivity index (χ1v) is 5.50. The molecule has 0 saturated heterocycles. The second-order valence-corrected chi connectivity index (χ2v) is 4.17. The van der Waals surface area contributed by atoms with Crippen LogP contribution in [-0.2, 0) is 0 Å². The average Bonchev–Trinajstić information content (AvgIpc) is 2.19. The van der Waals surface area contributed by atoms with Gasteiger partial charge in [0.1, 0.15) is 0 Å². The molecule has 0 aliphatic heterocycles. The largest absolute Gasteiger partial charge is 0.488 e. The lowest BCUT2D eigenvalue weighted by atomic mass is 9.98. The third-order valence-corrected chi connectivity index (χ3v) is 2.50. The molecule has 0 aromatic heterocycles. The van der Waals surface area contributed by atoms with Crippen molar-refractivity contribution in [2.24, 2.45) is 0 Å². The van der Waals surface area contributed by atoms with Crippen molar-refractivity contribution in [1.82, 2.24) is 0 Å². The smallest absolute Gasteiger partial charge is 0.165 e. The summed E-state index contributed by atoms with van der Waals surface area (Å²) in [5, 5.41) is 0. The Bertz CT molecular complexity index is 320. The van der Waals surface area contributed by atoms with Gasteiger partial charge in [-0.3, -0.25) is 0 Å². The first-order chi connectivity index (χ1) is 7.04. The molecule has 0 aliphatic rings. The van der Waals surface area contributed by atoms with Gasteiger partial charge in [-0.05, 0) is 43.9 Å². The average molecular weight is 210 g/mol. The number of rotatable bonds is 4. The highest BCUT2D eigenvalue weighted by atomic mass is 19.1. The molecule has 0 bridgehead atoms. The molecule has 0 heterocycles. The Labute approximate surface area is 91.3 Å². The zero-order chi connectivity index (χ0) is 11.4. The van der Waals surface area contributed by atoms with E-state index in [0.717, 1.165) is 12.0 Å². The van der Waals surface area contributed by atoms with E-state index >= 15 is 0 Å². The highest BCUT2D eigenvalue weighted by Gasteiger charge is 2.09. The Morgan fingerprint density at radius 2 is 1.93 bits per heavy atom. The lowest BCUT2D eigenvalue weighted by Crippen LogP contribution is -2.07. The standard InChI is InChI=1S/C13H19FO/c1-5-10(4)11-6-7-13(12(14)8-11)15-9(2)3/h6-10H,5H2,1-4H3. The van der Waals surface area contributed by atoms with Gasteiger partial charge in [0.25, 0.3) is 0 Å². The fourth-order valence-electron chi connectivity index (χ4n) is 1.41. The molecule has 1 nitrogen and oxygen atoms in total. The van der Waals surface area contributed by atoms with Crippen molar-refractivity contribution >= 4 is 0 Å². The Kier molecular flexibility index (Phi) is 4.13. The molecule has 1 atom stereocenters. The molecule has 0 saturated carbocycles. The van der Waals surface area contributed by atoms with Gasteiger partial charge in [-0.2, -0.15) is 0 Å². The summed E-state index contributed by atoms with van der Waals surface area (Å²) >= 11 is 0. The van der Waals surface area contributed by atoms with Crippen LogP contribution in [0.25, 0.3) is 0 Å². The first kappa shape index (κ1) is 12.0. The van der Waals surface area contributed by atoms with Gasteiger partial charge in [-0.25, -0.2) is 4.39 Å². The molecule has 2 heteroatoms. The van der Waals surface area contributed by atoms with Crippen molar-refractivity contribution in [3.8, 4) is 5.75 Å². The van der Waals surface area contributed by atoms with Crippen LogP contribution < -0.4 is 4.74 Å². The SMILES string of the molecule is CCC(C)c1ccc(OC(C)C)c(F)c1. The molecular weight excluding hydrogens is 191 g/mol. The minimum absolute atomic E-state index is 0.00829. The summed E-state index contributed by atoms with van der Waals surface area (Å²) in [5.74, 6) is 0.478. The fourth-order valence-corrected chi connectivity index (χ4v) is 1.41. The second-order valence-electron chi connectivity index (χ2n) is 4.17. The first-order valence-electron chi connectivity index (χ1n) is 5.50. The third-order valence-electron chi connectivity index (χ3n) is 2.50. The summed E-state index contributed by atoms with van der Waals surface area (Å²) in [6, 6.07) is 5.23. The molecular formula is C13H19FO. The van der Waals surface area contributed by atoms with Crippen LogP contribution in [0.1, 0.15) is 45.6 Å². The van der Waals surface area contributed by atoms with E-state index in [4.69, 9.17) is 4.74 Å². The number of hydrogen-bond acceptors (Lipinski definition) is 1. The van der Waals surface area contributed by atoms with Crippen LogP contribution in [0, 0.1) is 5.82 Å². The second kappa shape index (κ2) is 5.15. The lowest BCUT2D eigenvalue weighted by molar-refractivity contribution is 0.231. The highest BCUT2D eigenvalue weighted by molar-refractivity contribution is 5.31. The van der Waals surface area contributed by atoms with Gasteiger partial charge in [-0.1, -0.05) is 19.9 Å². The van der Waals surface area contributed by atoms with Crippen LogP contribution in [0.3, 0.4) is 0 Å². The Balaban J connectivity index is 2.88. The quantitative estimate of drug-likeness (QED) is 0.726. The number of hydrogen-bond donors (Lipinski definition) is 0. The van der Waals surface area contributed by atoms with Crippen molar-refractivity contribution in [2.45, 2.75) is 46.1 Å². The summed E-state index contributed by atoms with van der Waals surface area (Å²) in [6.07, 6.45) is 1.03. The number of benzene rings is 1. The van der Waals surface area contributed by atoms with E-state index in [2.05, 4.69) is 13.8 Å². The van der Waals surface area contributed by atoms with Crippen LogP contribution in [0.2, 0.25) is 0 Å². The molecule has 1 unspecified atom stereocenters. The zero-order valence-electron chi connectivity index (χ0n) is 9.88. The van der Waals surface area contributed by atoms with E-state index in [0.29, 0.717) is 11.7 Å². The van der Waals surface area contributed by atoms with E-state index in [1.165, 1.54) is 0 Å². The topological polar surface area (TPSA) is 9.23 Å². The third kappa shape index (κ3) is 3.22. The van der Waals surface area contributed by atoms with Crippen LogP contribution in [0.5, 0.6) is 5.75 Å². The minimum Gasteiger partial charge on any atom is -0.488 e. The summed E-state index contributed by atoms with van der Waals surface area (Å²) in [7, 11) is 0. The van der Waals surface area contributed by atoms with E-state index < -0.39 is 0 Å². The predicted octanol–water partition coefficient (Wildman–Crippen LogP) is 4.13. The van der Waals surface area contributed by atoms with Crippen molar-refractivity contribution in [3.05, 3.63) is 29.6 Å². The molecule has 1 aromatic rings. The molecule has 0 aliphatic carbocycles. The number of ether oxygens (including phenoxy) is 1. The van der Waals surface area contributed by atoms with Crippen molar-refractivity contribution in [3.63, 3.8) is 0 Å². The van der Waals surface area contributed by atoms with Crippen LogP contribution in [-0.4, -0.2) is 6.10 Å². The maximum absolute atomic E-state index is 13.6. The monoisotopic (exact) mass is 210 g/mol. The Morgan fingerprint density at radius 3 is 2.40 bits per heavy atom. The molecule has 15 heavy (non-hydrogen) atoms. The van der Waals surface area contributed by atoms with E-state index in [-0.39, 0.29) is 11.9 Å². The van der Waals surface area contributed by atoms with Gasteiger partial charge in [0.05, 0.1) is 6.10 Å². The zero-order valence-corrected chi connectivity index (χ0v) is 9.88. The highest BCUT2D eigenvalue weighted by Crippen LogP contribution is 2.25. The van der Waals surface area contributed by atoms with E-state index in [1.807, 2.05) is 19.9 Å². The molecule has 0 amide bonds. The molecule has 0 spiro atoms. The molecule has 84 valence electrons. The van der Waals surface area contributed by atoms with Crippen molar-refractivity contribution in [2.75, 3.05) is 0 Å². The maximum Gasteiger partial charge on any atom is 0.165 e. The van der Waals surface area contributed by atoms with Gasteiger partial charge in [0, 0.05) is 0 Å². The maximum atomic E-state index is 13.6. The molecule has 0 radical (unpaired) electrons. The van der Waals surface area contributed by atoms with Crippen molar-refractivity contribution in [1.29, 1.82) is 0 Å². The fraction of sp³-hybridized carbons (Fsp3) is 0.538. The number of halogens is 1. The van der Waals surface area contributed by atoms with E-state index in [1.54, 1.807) is 12.1 Å². The Morgan fingerprint density at radius 1 is 1.27 bits per heavy atom. The molecule has 1 rings (SSSR count). The summed E-state index contributed by atoms with van der Waals surface area (Å²) in [6.45, 7) is 7.98. The lowest BCUT2D eigenvalue weighted by Gasteiger charge is -2.13. The van der Waals surface area contributed by atoms with Crippen molar-refractivity contribution < 1.29 is 9.13 Å². The van der Waals surface area contributed by atoms with Gasteiger partial charge in [0.2, 0.25) is 0 Å². The predicted molar refractivity (Wildman–Crippen MR) is 60.9 cm³/mol. The van der Waals surface area contributed by atoms with Crippen LogP contribution >= 0.6 is 0 Å². The van der Waals surface area contributed by atoms with Gasteiger partial charge >= 0.3 is 0 Å². The van der Waals surface area contributed by atoms with Gasteiger partial charge in [0.15, 0.2) is 11.6 Å². The minimum atomic E-state index is -0.262. The molecule has 0 fully saturated rings. The summed E-state index contributed by atoms with van der Waals surface area (Å²) in [5.41, 5.74) is 1.03. The van der Waals surface area contributed by atoms with Crippen LogP contribution in [0.4, 0.5) is 4.39 Å². The summed E-state index contributed by atoms with van der Waals surface area (Å²) in [4.78, 5) is 0. The molecule has 0 N–H and O–H groups in total. The van der Waals surface area contributed by atoms with Gasteiger partial charge in [-0.15, -0.1) is 0 Å². The van der Waals surface area contributed by atoms with Crippen LogP contribution in [0.15, 0.2) is 18.2 Å². The normalized spacial score (nSPS) is 12.9. The van der Waals surface area contributed by atoms with Gasteiger partial charge < -0.3 is 4.74 Å². The summed E-state index contributed by atoms with van der Waals surface area (Å²) < 4.78 is 18.9. The van der Waals surface area contributed by atoms with E-state index in [9.17, 15) is 4.39 Å². The Hall–Kier alpha value is -1.05. The molecule has 1 aromatic carbocycles.